The van der Waals surface area contributed by atoms with Gasteiger partial charge in [-0.15, -0.1) is 0 Å². The fourth-order valence-corrected chi connectivity index (χ4v) is 4.86. The SMILES string of the molecule is CC(C)CC1c2c(O)c(C=O)c(O)c(C=O)c2O[C@]2(C)C=CC(C(C)C)C[C@H]12. The second-order valence-corrected chi connectivity index (χ2v) is 9.13. The summed E-state index contributed by atoms with van der Waals surface area (Å²) >= 11 is 0. The lowest BCUT2D eigenvalue weighted by atomic mass is 9.63. The Morgan fingerprint density at radius 3 is 2.32 bits per heavy atom. The molecule has 3 rings (SSSR count). The van der Waals surface area contributed by atoms with Crippen molar-refractivity contribution in [1.29, 1.82) is 0 Å². The van der Waals surface area contributed by atoms with Gasteiger partial charge in [0.25, 0.3) is 0 Å². The van der Waals surface area contributed by atoms with Gasteiger partial charge < -0.3 is 14.9 Å². The van der Waals surface area contributed by atoms with Gasteiger partial charge in [0, 0.05) is 11.5 Å². The van der Waals surface area contributed by atoms with E-state index < -0.39 is 11.4 Å². The van der Waals surface area contributed by atoms with E-state index >= 15 is 0 Å². The first-order valence-corrected chi connectivity index (χ1v) is 10.0. The third-order valence-corrected chi connectivity index (χ3v) is 6.44. The largest absolute Gasteiger partial charge is 0.507 e. The molecule has 28 heavy (non-hydrogen) atoms. The number of phenols is 2. The van der Waals surface area contributed by atoms with Crippen molar-refractivity contribution in [1.82, 2.24) is 0 Å². The number of aromatic hydroxyl groups is 2. The number of carbonyl (C=O) groups is 2. The molecular weight excluding hydrogens is 356 g/mol. The predicted octanol–water partition coefficient (Wildman–Crippen LogP) is 4.85. The molecule has 0 saturated heterocycles. The number of hydrogen-bond donors (Lipinski definition) is 2. The van der Waals surface area contributed by atoms with E-state index in [9.17, 15) is 19.8 Å². The number of allylic oxidation sites excluding steroid dienone is 1. The Balaban J connectivity index is 2.28. The maximum absolute atomic E-state index is 11.8. The highest BCUT2D eigenvalue weighted by Gasteiger charge is 2.50. The second-order valence-electron chi connectivity index (χ2n) is 9.13. The summed E-state index contributed by atoms with van der Waals surface area (Å²) in [7, 11) is 0. The number of benzene rings is 1. The van der Waals surface area contributed by atoms with Crippen LogP contribution in [0.5, 0.6) is 17.2 Å². The summed E-state index contributed by atoms with van der Waals surface area (Å²) in [5.74, 6) is 0.638. The van der Waals surface area contributed by atoms with E-state index in [1.807, 2.05) is 6.92 Å². The van der Waals surface area contributed by atoms with Crippen molar-refractivity contribution >= 4 is 12.6 Å². The molecule has 0 aromatic heterocycles. The summed E-state index contributed by atoms with van der Waals surface area (Å²) in [5.41, 5.74) is -0.468. The third-order valence-electron chi connectivity index (χ3n) is 6.44. The normalized spacial score (nSPS) is 28.6. The molecule has 0 radical (unpaired) electrons. The second kappa shape index (κ2) is 7.26. The summed E-state index contributed by atoms with van der Waals surface area (Å²) in [5, 5.41) is 21.2. The molecule has 2 unspecified atom stereocenters. The predicted molar refractivity (Wildman–Crippen MR) is 107 cm³/mol. The van der Waals surface area contributed by atoms with Crippen LogP contribution >= 0.6 is 0 Å². The molecule has 0 fully saturated rings. The van der Waals surface area contributed by atoms with Crippen LogP contribution in [0.3, 0.4) is 0 Å². The van der Waals surface area contributed by atoms with Crippen molar-refractivity contribution in [3.05, 3.63) is 28.8 Å². The lowest BCUT2D eigenvalue weighted by molar-refractivity contribution is 0.00795. The van der Waals surface area contributed by atoms with Crippen LogP contribution in [0.25, 0.3) is 0 Å². The maximum atomic E-state index is 11.8. The Morgan fingerprint density at radius 2 is 1.79 bits per heavy atom. The molecule has 1 aromatic rings. The maximum Gasteiger partial charge on any atom is 0.157 e. The van der Waals surface area contributed by atoms with Gasteiger partial charge in [0.15, 0.2) is 12.6 Å². The first-order valence-electron chi connectivity index (χ1n) is 10.0. The molecule has 152 valence electrons. The van der Waals surface area contributed by atoms with Crippen LogP contribution in [-0.2, 0) is 0 Å². The highest BCUT2D eigenvalue weighted by molar-refractivity contribution is 5.95. The van der Waals surface area contributed by atoms with E-state index in [0.29, 0.717) is 35.9 Å². The highest BCUT2D eigenvalue weighted by atomic mass is 16.5. The lowest BCUT2D eigenvalue weighted by Crippen LogP contribution is -2.49. The van der Waals surface area contributed by atoms with Crippen LogP contribution in [0, 0.1) is 23.7 Å². The van der Waals surface area contributed by atoms with Crippen molar-refractivity contribution in [3.63, 3.8) is 0 Å². The van der Waals surface area contributed by atoms with Gasteiger partial charge in [0.2, 0.25) is 0 Å². The molecule has 1 heterocycles. The Labute approximate surface area is 166 Å². The fraction of sp³-hybridized carbons (Fsp3) is 0.565. The standard InChI is InChI=1S/C23H30O5/c1-12(2)8-15-18-9-14(13(3)4)6-7-23(18,5)28-22-17(11-25)20(26)16(10-24)21(27)19(15)22/h6-7,10-15,18,26-27H,8-9H2,1-5H3/t14?,15?,18-,23-/m1/s1. The Kier molecular flexibility index (Phi) is 5.30. The van der Waals surface area contributed by atoms with Crippen LogP contribution in [0.15, 0.2) is 12.2 Å². The van der Waals surface area contributed by atoms with Gasteiger partial charge in [-0.25, -0.2) is 0 Å². The van der Waals surface area contributed by atoms with Gasteiger partial charge in [-0.1, -0.05) is 33.8 Å². The summed E-state index contributed by atoms with van der Waals surface area (Å²) in [6.07, 6.45) is 6.83. The monoisotopic (exact) mass is 386 g/mol. The molecule has 0 bridgehead atoms. The average molecular weight is 386 g/mol. The van der Waals surface area contributed by atoms with E-state index in [-0.39, 0.29) is 34.5 Å². The molecule has 1 aliphatic carbocycles. The summed E-state index contributed by atoms with van der Waals surface area (Å²) in [4.78, 5) is 23.3. The molecular formula is C23H30O5. The Morgan fingerprint density at radius 1 is 1.14 bits per heavy atom. The van der Waals surface area contributed by atoms with Crippen molar-refractivity contribution in [2.24, 2.45) is 23.7 Å². The molecule has 4 atom stereocenters. The van der Waals surface area contributed by atoms with Crippen molar-refractivity contribution < 1.29 is 24.5 Å². The smallest absolute Gasteiger partial charge is 0.157 e. The minimum atomic E-state index is -0.642. The van der Waals surface area contributed by atoms with Crippen molar-refractivity contribution in [3.8, 4) is 17.2 Å². The fourth-order valence-electron chi connectivity index (χ4n) is 4.86. The van der Waals surface area contributed by atoms with Crippen LogP contribution in [0.4, 0.5) is 0 Å². The molecule has 0 amide bonds. The lowest BCUT2D eigenvalue weighted by Gasteiger charge is -2.50. The zero-order valence-electron chi connectivity index (χ0n) is 17.2. The first-order chi connectivity index (χ1) is 13.1. The number of aldehydes is 2. The van der Waals surface area contributed by atoms with E-state index in [0.717, 1.165) is 12.8 Å². The number of carbonyl (C=O) groups excluding carboxylic acids is 2. The van der Waals surface area contributed by atoms with Gasteiger partial charge >= 0.3 is 0 Å². The Hall–Kier alpha value is -2.30. The number of phenolic OH excluding ortho intramolecular Hbond substituents is 2. The Bertz CT molecular complexity index is 823. The van der Waals surface area contributed by atoms with Crippen LogP contribution in [-0.4, -0.2) is 28.4 Å². The van der Waals surface area contributed by atoms with Gasteiger partial charge in [0.1, 0.15) is 22.8 Å². The van der Waals surface area contributed by atoms with E-state index in [4.69, 9.17) is 4.74 Å². The minimum Gasteiger partial charge on any atom is -0.507 e. The van der Waals surface area contributed by atoms with Gasteiger partial charge in [-0.05, 0) is 49.5 Å². The number of rotatable bonds is 5. The van der Waals surface area contributed by atoms with Crippen LogP contribution in [0.1, 0.15) is 79.7 Å². The quantitative estimate of drug-likeness (QED) is 0.558. The van der Waals surface area contributed by atoms with Crippen molar-refractivity contribution in [2.75, 3.05) is 0 Å². The number of ether oxygens (including phenoxy) is 1. The van der Waals surface area contributed by atoms with Gasteiger partial charge in [0.05, 0.1) is 11.1 Å². The average Bonchev–Trinajstić information content (AvgIpc) is 2.60. The van der Waals surface area contributed by atoms with E-state index in [1.54, 1.807) is 0 Å². The first kappa shape index (κ1) is 20.4. The molecule has 0 saturated carbocycles. The topological polar surface area (TPSA) is 83.8 Å². The molecule has 1 aromatic carbocycles. The summed E-state index contributed by atoms with van der Waals surface area (Å²) < 4.78 is 6.29. The minimum absolute atomic E-state index is 0.0669. The zero-order valence-corrected chi connectivity index (χ0v) is 17.2. The number of hydrogen-bond acceptors (Lipinski definition) is 5. The van der Waals surface area contributed by atoms with Gasteiger partial charge in [-0.3, -0.25) is 9.59 Å². The van der Waals surface area contributed by atoms with Crippen LogP contribution < -0.4 is 4.74 Å². The molecule has 5 nitrogen and oxygen atoms in total. The molecule has 2 N–H and O–H groups in total. The zero-order chi connectivity index (χ0) is 20.8. The van der Waals surface area contributed by atoms with E-state index in [2.05, 4.69) is 39.8 Å². The van der Waals surface area contributed by atoms with Gasteiger partial charge in [-0.2, -0.15) is 0 Å². The molecule has 0 spiro atoms. The van der Waals surface area contributed by atoms with Crippen LogP contribution in [0.2, 0.25) is 0 Å². The molecule has 1 aliphatic heterocycles. The molecule has 2 aliphatic rings. The number of fused-ring (bicyclic) bond motifs is 2. The summed E-state index contributed by atoms with van der Waals surface area (Å²) in [6, 6.07) is 0. The summed E-state index contributed by atoms with van der Waals surface area (Å²) in [6.45, 7) is 10.6. The third kappa shape index (κ3) is 3.11. The molecule has 5 heteroatoms. The van der Waals surface area contributed by atoms with Crippen molar-refractivity contribution in [2.45, 2.75) is 59.0 Å². The highest BCUT2D eigenvalue weighted by Crippen LogP contribution is 2.58. The van der Waals surface area contributed by atoms with E-state index in [1.165, 1.54) is 0 Å².